The van der Waals surface area contributed by atoms with E-state index in [0.29, 0.717) is 33.7 Å². The van der Waals surface area contributed by atoms with E-state index in [-0.39, 0.29) is 6.54 Å². The lowest BCUT2D eigenvalue weighted by molar-refractivity contribution is 0.586. The third kappa shape index (κ3) is 5.71. The number of halogens is 1. The Hall–Kier alpha value is -4.52. The average Bonchev–Trinajstić information content (AvgIpc) is 3.58. The molecule has 6 rings (SSSR count). The van der Waals surface area contributed by atoms with E-state index < -0.39 is 15.8 Å². The first kappa shape index (κ1) is 26.7. The van der Waals surface area contributed by atoms with Crippen molar-refractivity contribution in [3.63, 3.8) is 0 Å². The molecular formula is C29H27FN8O2S. The number of rotatable bonds is 9. The molecule has 0 radical (unpaired) electrons. The van der Waals surface area contributed by atoms with E-state index in [4.69, 9.17) is 4.98 Å². The van der Waals surface area contributed by atoms with E-state index in [1.165, 1.54) is 12.1 Å². The van der Waals surface area contributed by atoms with Crippen LogP contribution in [-0.2, 0) is 23.1 Å². The molecule has 0 aliphatic rings. The summed E-state index contributed by atoms with van der Waals surface area (Å²) in [7, 11) is -3.42. The van der Waals surface area contributed by atoms with Crippen molar-refractivity contribution in [3.05, 3.63) is 84.1 Å². The number of benzene rings is 2. The Morgan fingerprint density at radius 1 is 0.951 bits per heavy atom. The zero-order valence-corrected chi connectivity index (χ0v) is 23.2. The molecule has 0 fully saturated rings. The summed E-state index contributed by atoms with van der Waals surface area (Å²) in [5.74, 6) is 0.0770. The molecular weight excluding hydrogens is 543 g/mol. The molecule has 12 heteroatoms. The second kappa shape index (κ2) is 10.8. The summed E-state index contributed by atoms with van der Waals surface area (Å²) >= 11 is 0. The highest BCUT2D eigenvalue weighted by molar-refractivity contribution is 7.88. The Balaban J connectivity index is 1.39. The minimum atomic E-state index is -3.42. The maximum atomic E-state index is 14.6. The smallest absolute Gasteiger partial charge is 0.209 e. The Labute approximate surface area is 235 Å². The summed E-state index contributed by atoms with van der Waals surface area (Å²) in [4.78, 5) is 17.2. The van der Waals surface area contributed by atoms with Gasteiger partial charge in [-0.1, -0.05) is 19.1 Å². The van der Waals surface area contributed by atoms with Gasteiger partial charge in [0.2, 0.25) is 10.0 Å². The molecule has 0 bridgehead atoms. The van der Waals surface area contributed by atoms with Crippen molar-refractivity contribution < 1.29 is 12.8 Å². The number of nitrogens with one attached hydrogen (secondary N) is 4. The van der Waals surface area contributed by atoms with Crippen molar-refractivity contribution in [1.29, 1.82) is 0 Å². The first-order chi connectivity index (χ1) is 19.8. The highest BCUT2D eigenvalue weighted by Crippen LogP contribution is 2.33. The number of sulfonamides is 1. The van der Waals surface area contributed by atoms with Crippen LogP contribution in [0, 0.1) is 5.82 Å². The van der Waals surface area contributed by atoms with Crippen molar-refractivity contribution in [2.24, 2.45) is 0 Å². The molecule has 10 nitrogen and oxygen atoms in total. The first-order valence-electron chi connectivity index (χ1n) is 13.0. The second-order valence-corrected chi connectivity index (χ2v) is 11.6. The lowest BCUT2D eigenvalue weighted by Gasteiger charge is -2.08. The fraction of sp³-hybridized carbons (Fsp3) is 0.172. The van der Waals surface area contributed by atoms with Crippen LogP contribution in [0.25, 0.3) is 55.8 Å². The van der Waals surface area contributed by atoms with E-state index >= 15 is 0 Å². The van der Waals surface area contributed by atoms with Gasteiger partial charge in [0, 0.05) is 42.0 Å². The Morgan fingerprint density at radius 2 is 1.80 bits per heavy atom. The molecule has 4 N–H and O–H groups in total. The summed E-state index contributed by atoms with van der Waals surface area (Å²) in [5, 5.41) is 11.7. The monoisotopic (exact) mass is 570 g/mol. The molecule has 0 saturated heterocycles. The predicted octanol–water partition coefficient (Wildman–Crippen LogP) is 4.53. The summed E-state index contributed by atoms with van der Waals surface area (Å²) in [5.41, 5.74) is 7.29. The van der Waals surface area contributed by atoms with Gasteiger partial charge in [-0.3, -0.25) is 15.1 Å². The second-order valence-electron chi connectivity index (χ2n) is 9.78. The van der Waals surface area contributed by atoms with Gasteiger partial charge in [0.15, 0.2) is 5.82 Å². The molecule has 6 aromatic rings. The molecule has 0 unspecified atom stereocenters. The van der Waals surface area contributed by atoms with Gasteiger partial charge in [-0.25, -0.2) is 22.5 Å². The zero-order chi connectivity index (χ0) is 28.6. The van der Waals surface area contributed by atoms with Crippen LogP contribution in [0.2, 0.25) is 0 Å². The highest BCUT2D eigenvalue weighted by Gasteiger charge is 2.17. The van der Waals surface area contributed by atoms with E-state index in [0.717, 1.165) is 52.6 Å². The summed E-state index contributed by atoms with van der Waals surface area (Å²) in [6.07, 6.45) is 6.43. The quantitative estimate of drug-likeness (QED) is 0.200. The first-order valence-corrected chi connectivity index (χ1v) is 14.9. The number of pyridine rings is 2. The maximum Gasteiger partial charge on any atom is 0.209 e. The van der Waals surface area contributed by atoms with E-state index in [2.05, 4.69) is 48.2 Å². The summed E-state index contributed by atoms with van der Waals surface area (Å²) < 4.78 is 40.1. The molecule has 0 spiro atoms. The van der Waals surface area contributed by atoms with E-state index in [9.17, 15) is 12.8 Å². The van der Waals surface area contributed by atoms with Crippen LogP contribution in [0.1, 0.15) is 18.1 Å². The third-order valence-electron chi connectivity index (χ3n) is 6.66. The molecule has 41 heavy (non-hydrogen) atoms. The Morgan fingerprint density at radius 3 is 2.63 bits per heavy atom. The van der Waals surface area contributed by atoms with Crippen LogP contribution in [0.4, 0.5) is 4.39 Å². The number of para-hydroxylation sites is 1. The molecule has 0 aliphatic carbocycles. The number of nitrogens with zero attached hydrogens (tertiary/aromatic N) is 4. The molecule has 0 aliphatic heterocycles. The largest absolute Gasteiger partial charge is 0.337 e. The number of hydrogen-bond acceptors (Lipinski definition) is 7. The van der Waals surface area contributed by atoms with Gasteiger partial charge in [-0.2, -0.15) is 5.10 Å². The molecule has 0 amide bonds. The minimum Gasteiger partial charge on any atom is -0.337 e. The molecule has 0 saturated carbocycles. The van der Waals surface area contributed by atoms with Gasteiger partial charge < -0.3 is 10.3 Å². The van der Waals surface area contributed by atoms with Gasteiger partial charge in [-0.15, -0.1) is 0 Å². The maximum absolute atomic E-state index is 14.6. The van der Waals surface area contributed by atoms with Gasteiger partial charge in [0.25, 0.3) is 0 Å². The fourth-order valence-electron chi connectivity index (χ4n) is 4.75. The summed E-state index contributed by atoms with van der Waals surface area (Å²) in [6.45, 7) is 3.63. The number of hydrogen-bond donors (Lipinski definition) is 4. The van der Waals surface area contributed by atoms with Crippen LogP contribution < -0.4 is 10.0 Å². The molecule has 4 aromatic heterocycles. The van der Waals surface area contributed by atoms with Crippen molar-refractivity contribution in [2.75, 3.05) is 12.8 Å². The van der Waals surface area contributed by atoms with Crippen LogP contribution in [-0.4, -0.2) is 51.4 Å². The zero-order valence-electron chi connectivity index (χ0n) is 22.4. The van der Waals surface area contributed by atoms with Crippen LogP contribution in [0.5, 0.6) is 0 Å². The molecule has 208 valence electrons. The van der Waals surface area contributed by atoms with Gasteiger partial charge in [-0.05, 0) is 59.6 Å². The molecule has 2 aromatic carbocycles. The lowest BCUT2D eigenvalue weighted by Crippen LogP contribution is -2.21. The number of aromatic nitrogens is 6. The Bertz CT molecular complexity index is 2000. The van der Waals surface area contributed by atoms with E-state index in [1.807, 2.05) is 30.5 Å². The number of H-pyrrole nitrogens is 2. The van der Waals surface area contributed by atoms with Gasteiger partial charge in [0.1, 0.15) is 11.5 Å². The van der Waals surface area contributed by atoms with E-state index in [1.54, 1.807) is 18.5 Å². The van der Waals surface area contributed by atoms with Crippen LogP contribution >= 0.6 is 0 Å². The minimum absolute atomic E-state index is 0.0193. The highest BCUT2D eigenvalue weighted by atomic mass is 32.2. The molecule has 0 atom stereocenters. The topological polar surface area (TPSA) is 141 Å². The van der Waals surface area contributed by atoms with Crippen LogP contribution in [0.15, 0.2) is 67.1 Å². The van der Waals surface area contributed by atoms with Crippen molar-refractivity contribution in [3.8, 4) is 33.9 Å². The normalized spacial score (nSPS) is 12.0. The van der Waals surface area contributed by atoms with Crippen LogP contribution in [0.3, 0.4) is 0 Å². The average molecular weight is 571 g/mol. The third-order valence-corrected chi connectivity index (χ3v) is 7.33. The Kier molecular flexibility index (Phi) is 7.03. The number of aromatic amines is 2. The van der Waals surface area contributed by atoms with Crippen molar-refractivity contribution in [2.45, 2.75) is 20.0 Å². The molecule has 4 heterocycles. The summed E-state index contributed by atoms with van der Waals surface area (Å²) in [6, 6.07) is 14.1. The lowest BCUT2D eigenvalue weighted by atomic mass is 10.0. The van der Waals surface area contributed by atoms with Gasteiger partial charge in [0.05, 0.1) is 34.7 Å². The van der Waals surface area contributed by atoms with Gasteiger partial charge >= 0.3 is 0 Å². The van der Waals surface area contributed by atoms with Crippen molar-refractivity contribution >= 4 is 32.0 Å². The predicted molar refractivity (Wildman–Crippen MR) is 157 cm³/mol. The standard InChI is InChI=1S/C29H27FN8O2S/c1-3-31-12-18-8-20(15-32-13-18)25-11-23-26(16-33-25)37-38-28(23)29-35-24-6-4-5-22(27(24)36-29)19-7-17(9-21(30)10-19)14-34-41(2,39)40/h4-11,13,15-16,31,34H,3,12,14H2,1-2H3,(H,35,36)(H,37,38). The SMILES string of the molecule is CCNCc1cncc(-c2cc3c(-c4nc5c(-c6cc(F)cc(CNS(C)(=O)=O)c6)cccc5[nH]4)n[nH]c3cn2)c1. The number of fused-ring (bicyclic) bond motifs is 2. The van der Waals surface area contributed by atoms with Crippen molar-refractivity contribution in [1.82, 2.24) is 40.2 Å². The fourth-order valence-corrected chi connectivity index (χ4v) is 5.18. The number of imidazole rings is 1.